The predicted molar refractivity (Wildman–Crippen MR) is 54.3 cm³/mol. The van der Waals surface area contributed by atoms with Gasteiger partial charge in [-0.2, -0.15) is 0 Å². The van der Waals surface area contributed by atoms with Crippen molar-refractivity contribution in [1.82, 2.24) is 0 Å². The smallest absolute Gasteiger partial charge is 0.267 e. The summed E-state index contributed by atoms with van der Waals surface area (Å²) < 4.78 is 11.2. The number of hydrogen-bond acceptors (Lipinski definition) is 3. The van der Waals surface area contributed by atoms with Gasteiger partial charge >= 0.3 is 0 Å². The lowest BCUT2D eigenvalue weighted by Crippen LogP contribution is -2.48. The molecule has 0 aromatic rings. The molecular formula is C11H19NO2. The van der Waals surface area contributed by atoms with Gasteiger partial charge in [0.2, 0.25) is 0 Å². The van der Waals surface area contributed by atoms with E-state index in [0.717, 1.165) is 25.7 Å². The summed E-state index contributed by atoms with van der Waals surface area (Å²) >= 11 is 0. The van der Waals surface area contributed by atoms with Crippen LogP contribution in [-0.4, -0.2) is 12.0 Å². The number of rotatable bonds is 2. The first-order valence-corrected chi connectivity index (χ1v) is 5.58. The molecule has 1 unspecified atom stereocenters. The van der Waals surface area contributed by atoms with E-state index in [9.17, 15) is 0 Å². The summed E-state index contributed by atoms with van der Waals surface area (Å²) in [6.07, 6.45) is 11.8. The Morgan fingerprint density at radius 1 is 1.29 bits per heavy atom. The van der Waals surface area contributed by atoms with Crippen molar-refractivity contribution in [3.8, 4) is 0 Å². The summed E-state index contributed by atoms with van der Waals surface area (Å²) in [7, 11) is 0. The van der Waals surface area contributed by atoms with Crippen LogP contribution >= 0.6 is 0 Å². The summed E-state index contributed by atoms with van der Waals surface area (Å²) in [6, 6.07) is 0. The molecule has 0 bridgehead atoms. The van der Waals surface area contributed by atoms with Gasteiger partial charge in [0.1, 0.15) is 0 Å². The molecule has 0 spiro atoms. The van der Waals surface area contributed by atoms with E-state index < -0.39 is 5.91 Å². The third-order valence-electron chi connectivity index (χ3n) is 2.94. The fourth-order valence-corrected chi connectivity index (χ4v) is 2.13. The Balaban J connectivity index is 1.85. The van der Waals surface area contributed by atoms with Crippen LogP contribution in [0.25, 0.3) is 0 Å². The van der Waals surface area contributed by atoms with Gasteiger partial charge in [-0.05, 0) is 25.3 Å². The van der Waals surface area contributed by atoms with Gasteiger partial charge < -0.3 is 9.47 Å². The molecule has 1 fully saturated rings. The minimum atomic E-state index is -0.850. The lowest BCUT2D eigenvalue weighted by atomic mass is 9.97. The molecule has 0 saturated heterocycles. The summed E-state index contributed by atoms with van der Waals surface area (Å²) in [5, 5.41) is 0. The third-order valence-corrected chi connectivity index (χ3v) is 2.94. The van der Waals surface area contributed by atoms with E-state index >= 15 is 0 Å². The maximum absolute atomic E-state index is 5.99. The van der Waals surface area contributed by atoms with E-state index in [1.807, 2.05) is 6.08 Å². The highest BCUT2D eigenvalue weighted by molar-refractivity contribution is 4.85. The molecule has 1 aliphatic carbocycles. The van der Waals surface area contributed by atoms with E-state index in [-0.39, 0.29) is 0 Å². The Labute approximate surface area is 85.3 Å². The summed E-state index contributed by atoms with van der Waals surface area (Å²) in [5.41, 5.74) is 5.99. The second kappa shape index (κ2) is 4.32. The van der Waals surface area contributed by atoms with E-state index in [2.05, 4.69) is 0 Å². The molecule has 1 saturated carbocycles. The first-order valence-electron chi connectivity index (χ1n) is 5.58. The summed E-state index contributed by atoms with van der Waals surface area (Å²) in [5.74, 6) is -0.850. The van der Waals surface area contributed by atoms with Crippen LogP contribution < -0.4 is 5.73 Å². The fourth-order valence-electron chi connectivity index (χ4n) is 2.13. The number of ether oxygens (including phenoxy) is 2. The van der Waals surface area contributed by atoms with Crippen LogP contribution in [0, 0.1) is 0 Å². The zero-order valence-electron chi connectivity index (χ0n) is 8.58. The van der Waals surface area contributed by atoms with Gasteiger partial charge in [-0.3, -0.25) is 5.73 Å². The zero-order valence-corrected chi connectivity index (χ0v) is 8.58. The summed E-state index contributed by atoms with van der Waals surface area (Å²) in [6.45, 7) is 0. The molecule has 2 N–H and O–H groups in total. The number of hydrogen-bond donors (Lipinski definition) is 1. The van der Waals surface area contributed by atoms with Crippen molar-refractivity contribution in [2.45, 2.75) is 57.0 Å². The highest BCUT2D eigenvalue weighted by atomic mass is 16.7. The monoisotopic (exact) mass is 197 g/mol. The Morgan fingerprint density at radius 3 is 2.71 bits per heavy atom. The van der Waals surface area contributed by atoms with Crippen molar-refractivity contribution in [3.63, 3.8) is 0 Å². The second-order valence-corrected chi connectivity index (χ2v) is 4.22. The molecule has 2 rings (SSSR count). The van der Waals surface area contributed by atoms with Crippen LogP contribution in [0.3, 0.4) is 0 Å². The fraction of sp³-hybridized carbons (Fsp3) is 0.818. The molecule has 3 heteroatoms. The molecule has 1 aliphatic heterocycles. The maximum Gasteiger partial charge on any atom is 0.267 e. The van der Waals surface area contributed by atoms with Crippen LogP contribution in [0.2, 0.25) is 0 Å². The molecule has 80 valence electrons. The SMILES string of the molecule is NC1(OC2CCCCC2)CCC=CO1. The summed E-state index contributed by atoms with van der Waals surface area (Å²) in [4.78, 5) is 0. The number of nitrogens with two attached hydrogens (primary N) is 1. The van der Waals surface area contributed by atoms with E-state index in [4.69, 9.17) is 15.2 Å². The van der Waals surface area contributed by atoms with Crippen molar-refractivity contribution in [3.05, 3.63) is 12.3 Å². The quantitative estimate of drug-likeness (QED) is 0.691. The molecule has 1 heterocycles. The maximum atomic E-state index is 5.99. The van der Waals surface area contributed by atoms with Gasteiger partial charge in [0.15, 0.2) is 0 Å². The highest BCUT2D eigenvalue weighted by Crippen LogP contribution is 2.27. The van der Waals surface area contributed by atoms with Gasteiger partial charge in [-0.1, -0.05) is 19.3 Å². The van der Waals surface area contributed by atoms with Crippen molar-refractivity contribution in [2.75, 3.05) is 0 Å². The Kier molecular flexibility index (Phi) is 3.08. The molecule has 0 aromatic carbocycles. The lowest BCUT2D eigenvalue weighted by molar-refractivity contribution is -0.241. The van der Waals surface area contributed by atoms with Crippen molar-refractivity contribution < 1.29 is 9.47 Å². The first-order chi connectivity index (χ1) is 6.79. The average molecular weight is 197 g/mol. The minimum absolute atomic E-state index is 0.306. The van der Waals surface area contributed by atoms with Crippen LogP contribution in [0.4, 0.5) is 0 Å². The van der Waals surface area contributed by atoms with Crippen LogP contribution in [0.5, 0.6) is 0 Å². The van der Waals surface area contributed by atoms with Crippen molar-refractivity contribution in [2.24, 2.45) is 5.73 Å². The Hall–Kier alpha value is -0.540. The normalized spacial score (nSPS) is 34.1. The molecule has 2 aliphatic rings. The zero-order chi connectivity index (χ0) is 9.86. The van der Waals surface area contributed by atoms with Crippen molar-refractivity contribution >= 4 is 0 Å². The molecule has 0 aromatic heterocycles. The van der Waals surface area contributed by atoms with Crippen molar-refractivity contribution in [1.29, 1.82) is 0 Å². The van der Waals surface area contributed by atoms with Gasteiger partial charge in [-0.15, -0.1) is 0 Å². The van der Waals surface area contributed by atoms with E-state index in [1.54, 1.807) is 6.26 Å². The first kappa shape index (κ1) is 9.99. The van der Waals surface area contributed by atoms with E-state index in [1.165, 1.54) is 19.3 Å². The standard InChI is InChI=1S/C11H19NO2/c12-11(8-4-5-9-13-11)14-10-6-2-1-3-7-10/h5,9-10H,1-4,6-8,12H2. The van der Waals surface area contributed by atoms with Gasteiger partial charge in [0.25, 0.3) is 5.91 Å². The molecular weight excluding hydrogens is 178 g/mol. The predicted octanol–water partition coefficient (Wildman–Crippen LogP) is 2.27. The molecule has 0 amide bonds. The largest absolute Gasteiger partial charge is 0.457 e. The third kappa shape index (κ3) is 2.49. The van der Waals surface area contributed by atoms with Crippen LogP contribution in [-0.2, 0) is 9.47 Å². The lowest BCUT2D eigenvalue weighted by Gasteiger charge is -2.35. The van der Waals surface area contributed by atoms with Crippen LogP contribution in [0.1, 0.15) is 44.9 Å². The van der Waals surface area contributed by atoms with Crippen LogP contribution in [0.15, 0.2) is 12.3 Å². The van der Waals surface area contributed by atoms with Gasteiger partial charge in [-0.25, -0.2) is 0 Å². The van der Waals surface area contributed by atoms with Gasteiger partial charge in [0.05, 0.1) is 12.4 Å². The topological polar surface area (TPSA) is 44.5 Å². The average Bonchev–Trinajstić information content (AvgIpc) is 2.19. The van der Waals surface area contributed by atoms with Gasteiger partial charge in [0, 0.05) is 6.42 Å². The molecule has 14 heavy (non-hydrogen) atoms. The molecule has 3 nitrogen and oxygen atoms in total. The minimum Gasteiger partial charge on any atom is -0.457 e. The molecule has 0 radical (unpaired) electrons. The Bertz CT molecular complexity index is 211. The second-order valence-electron chi connectivity index (χ2n) is 4.22. The molecule has 1 atom stereocenters. The number of allylic oxidation sites excluding steroid dienone is 1. The van der Waals surface area contributed by atoms with E-state index in [0.29, 0.717) is 6.10 Å². The highest BCUT2D eigenvalue weighted by Gasteiger charge is 2.32. The Morgan fingerprint density at radius 2 is 2.07 bits per heavy atom.